The van der Waals surface area contributed by atoms with Crippen LogP contribution in [0.3, 0.4) is 0 Å². The van der Waals surface area contributed by atoms with Crippen LogP contribution in [0.2, 0.25) is 0 Å². The van der Waals surface area contributed by atoms with E-state index in [1.165, 1.54) is 25.3 Å². The summed E-state index contributed by atoms with van der Waals surface area (Å²) in [5, 5.41) is 22.0. The van der Waals surface area contributed by atoms with Gasteiger partial charge in [-0.05, 0) is 18.6 Å². The number of hydrogen-bond donors (Lipinski definition) is 2. The molecule has 0 fully saturated rings. The number of nitro groups is 1. The highest BCUT2D eigenvalue weighted by molar-refractivity contribution is 5.95. The average molecular weight is 298 g/mol. The van der Waals surface area contributed by atoms with Gasteiger partial charge in [-0.15, -0.1) is 0 Å². The van der Waals surface area contributed by atoms with E-state index in [2.05, 4.69) is 5.32 Å². The number of amides is 1. The Morgan fingerprint density at radius 2 is 2.19 bits per heavy atom. The summed E-state index contributed by atoms with van der Waals surface area (Å²) in [6.45, 7) is 1.02. The molecular formula is C13H18N2O6. The van der Waals surface area contributed by atoms with Gasteiger partial charge in [-0.3, -0.25) is 14.9 Å². The number of carbonyl (C=O) groups excluding carboxylic acids is 1. The first kappa shape index (κ1) is 16.9. The van der Waals surface area contributed by atoms with E-state index in [0.717, 1.165) is 0 Å². The number of benzene rings is 1. The molecule has 0 heterocycles. The molecule has 0 radical (unpaired) electrons. The molecule has 0 bridgehead atoms. The number of hydrogen-bond acceptors (Lipinski definition) is 6. The second kappa shape index (κ2) is 8.88. The maximum absolute atomic E-state index is 11.9. The Kier molecular flexibility index (Phi) is 7.13. The number of nitro benzene ring substituents is 1. The monoisotopic (exact) mass is 298 g/mol. The quantitative estimate of drug-likeness (QED) is 0.395. The molecule has 21 heavy (non-hydrogen) atoms. The maximum atomic E-state index is 11.9. The topological polar surface area (TPSA) is 111 Å². The second-order valence-corrected chi connectivity index (χ2v) is 4.09. The Hall–Kier alpha value is -2.19. The van der Waals surface area contributed by atoms with Crippen molar-refractivity contribution in [2.75, 3.05) is 33.5 Å². The van der Waals surface area contributed by atoms with Gasteiger partial charge < -0.3 is 19.9 Å². The molecule has 8 nitrogen and oxygen atoms in total. The van der Waals surface area contributed by atoms with Crippen LogP contribution in [0.5, 0.6) is 5.75 Å². The summed E-state index contributed by atoms with van der Waals surface area (Å²) in [4.78, 5) is 22.1. The molecule has 1 amide bonds. The van der Waals surface area contributed by atoms with Crippen molar-refractivity contribution in [2.45, 2.75) is 6.42 Å². The van der Waals surface area contributed by atoms with Crippen LogP contribution in [0, 0.1) is 10.1 Å². The Morgan fingerprint density at radius 1 is 1.43 bits per heavy atom. The first-order valence-electron chi connectivity index (χ1n) is 6.39. The Morgan fingerprint density at radius 3 is 2.81 bits per heavy atom. The number of rotatable bonds is 9. The lowest BCUT2D eigenvalue weighted by molar-refractivity contribution is -0.385. The fourth-order valence-electron chi connectivity index (χ4n) is 1.62. The number of aliphatic hydroxyl groups is 1. The van der Waals surface area contributed by atoms with E-state index in [-0.39, 0.29) is 30.2 Å². The molecule has 8 heteroatoms. The van der Waals surface area contributed by atoms with Crippen LogP contribution >= 0.6 is 0 Å². The summed E-state index contributed by atoms with van der Waals surface area (Å²) >= 11 is 0. The number of ether oxygens (including phenoxy) is 2. The van der Waals surface area contributed by atoms with Crippen molar-refractivity contribution in [1.82, 2.24) is 5.32 Å². The molecule has 0 saturated carbocycles. The van der Waals surface area contributed by atoms with Crippen molar-refractivity contribution in [2.24, 2.45) is 0 Å². The van der Waals surface area contributed by atoms with Gasteiger partial charge in [-0.1, -0.05) is 0 Å². The molecule has 0 saturated heterocycles. The van der Waals surface area contributed by atoms with Crippen molar-refractivity contribution >= 4 is 11.6 Å². The number of methoxy groups -OCH3 is 1. The van der Waals surface area contributed by atoms with Gasteiger partial charge >= 0.3 is 5.69 Å². The van der Waals surface area contributed by atoms with Gasteiger partial charge in [-0.2, -0.15) is 0 Å². The van der Waals surface area contributed by atoms with E-state index in [0.29, 0.717) is 19.6 Å². The minimum atomic E-state index is -0.599. The molecule has 1 aromatic carbocycles. The molecule has 0 spiro atoms. The fraction of sp³-hybridized carbons (Fsp3) is 0.462. The molecular weight excluding hydrogens is 280 g/mol. The van der Waals surface area contributed by atoms with Crippen LogP contribution in [0.25, 0.3) is 0 Å². The summed E-state index contributed by atoms with van der Waals surface area (Å²) in [7, 11) is 1.33. The molecule has 0 aromatic heterocycles. The van der Waals surface area contributed by atoms with Crippen molar-refractivity contribution in [3.05, 3.63) is 33.9 Å². The normalized spacial score (nSPS) is 10.2. The van der Waals surface area contributed by atoms with E-state index in [1.54, 1.807) is 0 Å². The summed E-state index contributed by atoms with van der Waals surface area (Å²) < 4.78 is 9.91. The molecule has 116 valence electrons. The van der Waals surface area contributed by atoms with E-state index in [4.69, 9.17) is 14.6 Å². The fourth-order valence-corrected chi connectivity index (χ4v) is 1.62. The Bertz CT molecular complexity index is 492. The van der Waals surface area contributed by atoms with E-state index in [9.17, 15) is 14.9 Å². The van der Waals surface area contributed by atoms with E-state index >= 15 is 0 Å². The van der Waals surface area contributed by atoms with Crippen LogP contribution in [-0.2, 0) is 4.74 Å². The zero-order valence-corrected chi connectivity index (χ0v) is 11.7. The van der Waals surface area contributed by atoms with E-state index in [1.807, 2.05) is 0 Å². The van der Waals surface area contributed by atoms with Crippen LogP contribution in [0.4, 0.5) is 5.69 Å². The zero-order chi connectivity index (χ0) is 15.7. The molecule has 1 rings (SSSR count). The molecule has 0 aliphatic carbocycles. The summed E-state index contributed by atoms with van der Waals surface area (Å²) in [6.07, 6.45) is 0.587. The highest BCUT2D eigenvalue weighted by atomic mass is 16.6. The Labute approximate surface area is 121 Å². The zero-order valence-electron chi connectivity index (χ0n) is 11.7. The minimum absolute atomic E-state index is 0.0398. The number of nitrogens with one attached hydrogen (secondary N) is 1. The first-order valence-corrected chi connectivity index (χ1v) is 6.39. The molecule has 1 aromatic rings. The van der Waals surface area contributed by atoms with Crippen LogP contribution < -0.4 is 10.1 Å². The number of carbonyl (C=O) groups is 1. The molecule has 2 N–H and O–H groups in total. The van der Waals surface area contributed by atoms with Crippen LogP contribution in [0.15, 0.2) is 18.2 Å². The van der Waals surface area contributed by atoms with Gasteiger partial charge in [0, 0.05) is 24.8 Å². The second-order valence-electron chi connectivity index (χ2n) is 4.09. The van der Waals surface area contributed by atoms with Crippen molar-refractivity contribution < 1.29 is 24.3 Å². The van der Waals surface area contributed by atoms with Gasteiger partial charge in [-0.25, -0.2) is 0 Å². The first-order chi connectivity index (χ1) is 10.1. The van der Waals surface area contributed by atoms with Crippen LogP contribution in [0.1, 0.15) is 16.8 Å². The smallest absolute Gasteiger partial charge is 0.311 e. The van der Waals surface area contributed by atoms with E-state index < -0.39 is 10.8 Å². The van der Waals surface area contributed by atoms with Gasteiger partial charge in [0.05, 0.1) is 25.2 Å². The summed E-state index contributed by atoms with van der Waals surface area (Å²) in [5.41, 5.74) is -0.0600. The van der Waals surface area contributed by atoms with Crippen molar-refractivity contribution in [3.63, 3.8) is 0 Å². The molecule has 0 aliphatic rings. The predicted molar refractivity (Wildman–Crippen MR) is 74.5 cm³/mol. The largest absolute Gasteiger partial charge is 0.490 e. The SMILES string of the molecule is COc1ccc(C(=O)NCCCOCCO)cc1[N+](=O)[O-]. The lowest BCUT2D eigenvalue weighted by Gasteiger charge is -2.07. The Balaban J connectivity index is 2.54. The highest BCUT2D eigenvalue weighted by Crippen LogP contribution is 2.27. The number of aliphatic hydroxyl groups excluding tert-OH is 1. The third kappa shape index (κ3) is 5.36. The maximum Gasteiger partial charge on any atom is 0.311 e. The molecule has 0 aliphatic heterocycles. The standard InChI is InChI=1S/C13H18N2O6/c1-20-12-4-3-10(9-11(12)15(18)19)13(17)14-5-2-7-21-8-6-16/h3-4,9,16H,2,5-8H2,1H3,(H,14,17). The highest BCUT2D eigenvalue weighted by Gasteiger charge is 2.17. The number of nitrogens with zero attached hydrogens (tertiary/aromatic N) is 1. The molecule has 0 unspecified atom stereocenters. The minimum Gasteiger partial charge on any atom is -0.490 e. The third-order valence-electron chi connectivity index (χ3n) is 2.62. The lowest BCUT2D eigenvalue weighted by Crippen LogP contribution is -2.25. The predicted octanol–water partition coefficient (Wildman–Crippen LogP) is 0.732. The van der Waals surface area contributed by atoms with Crippen LogP contribution in [-0.4, -0.2) is 49.4 Å². The summed E-state index contributed by atoms with van der Waals surface area (Å²) in [5.74, 6) is -0.295. The molecule has 0 atom stereocenters. The van der Waals surface area contributed by atoms with Gasteiger partial charge in [0.1, 0.15) is 0 Å². The third-order valence-corrected chi connectivity index (χ3v) is 2.62. The van der Waals surface area contributed by atoms with Gasteiger partial charge in [0.25, 0.3) is 5.91 Å². The summed E-state index contributed by atoms with van der Waals surface area (Å²) in [6, 6.07) is 4.03. The van der Waals surface area contributed by atoms with Crippen molar-refractivity contribution in [1.29, 1.82) is 0 Å². The van der Waals surface area contributed by atoms with Crippen molar-refractivity contribution in [3.8, 4) is 5.75 Å². The van der Waals surface area contributed by atoms with Gasteiger partial charge in [0.15, 0.2) is 5.75 Å². The lowest BCUT2D eigenvalue weighted by atomic mass is 10.1. The van der Waals surface area contributed by atoms with Gasteiger partial charge in [0.2, 0.25) is 0 Å². The average Bonchev–Trinajstić information content (AvgIpc) is 2.49.